The summed E-state index contributed by atoms with van der Waals surface area (Å²) < 4.78 is 13.3. The molecular formula is C15H11FN4O. The van der Waals surface area contributed by atoms with E-state index in [1.165, 1.54) is 18.2 Å². The smallest absolute Gasteiger partial charge is 0.228 e. The van der Waals surface area contributed by atoms with Crippen LogP contribution in [0.5, 0.6) is 0 Å². The molecule has 0 atom stereocenters. The maximum absolute atomic E-state index is 13.3. The molecule has 6 heteroatoms. The molecule has 1 heterocycles. The summed E-state index contributed by atoms with van der Waals surface area (Å²) in [6.45, 7) is 0. The highest BCUT2D eigenvalue weighted by Gasteiger charge is 2.19. The number of carbonyl (C=O) groups is 1. The van der Waals surface area contributed by atoms with Gasteiger partial charge in [-0.25, -0.2) is 4.39 Å². The number of nitrogens with zero attached hydrogens (tertiary/aromatic N) is 1. The van der Waals surface area contributed by atoms with Gasteiger partial charge in [0.25, 0.3) is 0 Å². The monoisotopic (exact) mass is 282 g/mol. The lowest BCUT2D eigenvalue weighted by Gasteiger charge is -2.12. The van der Waals surface area contributed by atoms with Gasteiger partial charge < -0.3 is 16.4 Å². The number of benzene rings is 2. The van der Waals surface area contributed by atoms with Crippen LogP contribution in [-0.4, -0.2) is 5.91 Å². The zero-order valence-electron chi connectivity index (χ0n) is 10.9. The Hall–Kier alpha value is -3.07. The molecule has 1 aliphatic heterocycles. The summed E-state index contributed by atoms with van der Waals surface area (Å²) in [5.74, 6) is -0.646. The molecule has 1 amide bonds. The van der Waals surface area contributed by atoms with E-state index in [0.717, 1.165) is 5.56 Å². The highest BCUT2D eigenvalue weighted by Crippen LogP contribution is 2.33. The van der Waals surface area contributed by atoms with Crippen LogP contribution in [0.15, 0.2) is 30.3 Å². The first-order valence-electron chi connectivity index (χ1n) is 6.26. The third-order valence-electron chi connectivity index (χ3n) is 3.27. The Labute approximate surface area is 120 Å². The number of hydrogen-bond acceptors (Lipinski definition) is 4. The fraction of sp³-hybridized carbons (Fsp3) is 0.0667. The number of halogens is 1. The Bertz CT molecular complexity index is 795. The fourth-order valence-corrected chi connectivity index (χ4v) is 2.25. The van der Waals surface area contributed by atoms with Crippen molar-refractivity contribution < 1.29 is 9.18 Å². The van der Waals surface area contributed by atoms with E-state index in [1.54, 1.807) is 18.2 Å². The molecule has 0 bridgehead atoms. The number of carbonyl (C=O) groups excluding carboxylic acids is 1. The predicted octanol–water partition coefficient (Wildman–Crippen LogP) is 2.52. The zero-order valence-corrected chi connectivity index (χ0v) is 10.9. The van der Waals surface area contributed by atoms with Crippen molar-refractivity contribution in [2.24, 2.45) is 0 Å². The summed E-state index contributed by atoms with van der Waals surface area (Å²) in [4.78, 5) is 11.4. The summed E-state index contributed by atoms with van der Waals surface area (Å²) in [7, 11) is 0. The minimum atomic E-state index is -0.572. The van der Waals surface area contributed by atoms with Gasteiger partial charge in [0.2, 0.25) is 5.91 Å². The number of rotatable bonds is 2. The molecule has 2 aromatic carbocycles. The molecule has 0 fully saturated rings. The van der Waals surface area contributed by atoms with E-state index < -0.39 is 5.82 Å². The van der Waals surface area contributed by atoms with Gasteiger partial charge in [0.1, 0.15) is 11.9 Å². The van der Waals surface area contributed by atoms with E-state index in [4.69, 9.17) is 11.0 Å². The average molecular weight is 282 g/mol. The number of nitrogen functional groups attached to an aromatic ring is 1. The van der Waals surface area contributed by atoms with Gasteiger partial charge in [-0.3, -0.25) is 4.79 Å². The lowest BCUT2D eigenvalue weighted by Crippen LogP contribution is -2.03. The highest BCUT2D eigenvalue weighted by atomic mass is 19.1. The van der Waals surface area contributed by atoms with Crippen molar-refractivity contribution in [3.63, 3.8) is 0 Å². The van der Waals surface area contributed by atoms with Gasteiger partial charge in [-0.15, -0.1) is 0 Å². The Kier molecular flexibility index (Phi) is 2.95. The molecule has 2 aromatic rings. The Morgan fingerprint density at radius 2 is 2.14 bits per heavy atom. The van der Waals surface area contributed by atoms with Crippen LogP contribution in [0.2, 0.25) is 0 Å². The summed E-state index contributed by atoms with van der Waals surface area (Å²) in [5, 5.41) is 14.6. The van der Waals surface area contributed by atoms with E-state index in [-0.39, 0.29) is 11.5 Å². The first kappa shape index (κ1) is 12.9. The van der Waals surface area contributed by atoms with Gasteiger partial charge >= 0.3 is 0 Å². The van der Waals surface area contributed by atoms with Crippen molar-refractivity contribution in [1.82, 2.24) is 0 Å². The molecule has 0 saturated carbocycles. The number of nitrogens with one attached hydrogen (secondary N) is 2. The van der Waals surface area contributed by atoms with Crippen LogP contribution in [0, 0.1) is 17.1 Å². The standard InChI is InChI=1S/C15H11FN4O/c16-11-2-1-10(3-9(11)7-17)19-14-6-13-8(4-12(14)18)5-15(21)20-13/h1-4,6,19H,5,18H2,(H,20,21). The summed E-state index contributed by atoms with van der Waals surface area (Å²) in [6, 6.07) is 9.37. The van der Waals surface area contributed by atoms with Crippen LogP contribution in [0.25, 0.3) is 0 Å². The van der Waals surface area contributed by atoms with E-state index >= 15 is 0 Å². The van der Waals surface area contributed by atoms with E-state index in [0.29, 0.717) is 29.2 Å². The first-order chi connectivity index (χ1) is 10.1. The van der Waals surface area contributed by atoms with E-state index in [1.807, 2.05) is 0 Å². The molecule has 1 aliphatic rings. The second-order valence-corrected chi connectivity index (χ2v) is 4.75. The fourth-order valence-electron chi connectivity index (χ4n) is 2.25. The highest BCUT2D eigenvalue weighted by molar-refractivity contribution is 6.01. The second kappa shape index (κ2) is 4.80. The lowest BCUT2D eigenvalue weighted by atomic mass is 10.1. The predicted molar refractivity (Wildman–Crippen MR) is 77.6 cm³/mol. The van der Waals surface area contributed by atoms with Crippen molar-refractivity contribution in [3.05, 3.63) is 47.3 Å². The van der Waals surface area contributed by atoms with Gasteiger partial charge in [0, 0.05) is 11.4 Å². The van der Waals surface area contributed by atoms with Gasteiger partial charge in [-0.2, -0.15) is 5.26 Å². The summed E-state index contributed by atoms with van der Waals surface area (Å²) in [5.41, 5.74) is 9.07. The third-order valence-corrected chi connectivity index (χ3v) is 3.27. The number of nitrogens with two attached hydrogens (primary N) is 1. The number of fused-ring (bicyclic) bond motifs is 1. The molecule has 3 rings (SSSR count). The molecule has 0 aromatic heterocycles. The second-order valence-electron chi connectivity index (χ2n) is 4.75. The van der Waals surface area contributed by atoms with Crippen LogP contribution in [0.3, 0.4) is 0 Å². The number of amides is 1. The lowest BCUT2D eigenvalue weighted by molar-refractivity contribution is -0.115. The van der Waals surface area contributed by atoms with Gasteiger partial charge in [0.15, 0.2) is 0 Å². The Morgan fingerprint density at radius 3 is 2.90 bits per heavy atom. The molecular weight excluding hydrogens is 271 g/mol. The minimum absolute atomic E-state index is 0.0481. The molecule has 0 unspecified atom stereocenters. The van der Waals surface area contributed by atoms with Crippen LogP contribution >= 0.6 is 0 Å². The molecule has 5 nitrogen and oxygen atoms in total. The number of nitriles is 1. The van der Waals surface area contributed by atoms with Crippen molar-refractivity contribution >= 4 is 28.7 Å². The van der Waals surface area contributed by atoms with Crippen LogP contribution in [0.1, 0.15) is 11.1 Å². The number of hydrogen-bond donors (Lipinski definition) is 3. The zero-order chi connectivity index (χ0) is 15.0. The molecule has 0 aliphatic carbocycles. The topological polar surface area (TPSA) is 90.9 Å². The van der Waals surface area contributed by atoms with Crippen LogP contribution in [-0.2, 0) is 11.2 Å². The van der Waals surface area contributed by atoms with E-state index in [2.05, 4.69) is 10.6 Å². The van der Waals surface area contributed by atoms with Crippen molar-refractivity contribution in [1.29, 1.82) is 5.26 Å². The largest absolute Gasteiger partial charge is 0.397 e. The van der Waals surface area contributed by atoms with Crippen LogP contribution in [0.4, 0.5) is 27.1 Å². The van der Waals surface area contributed by atoms with Crippen molar-refractivity contribution in [2.75, 3.05) is 16.4 Å². The molecule has 4 N–H and O–H groups in total. The molecule has 104 valence electrons. The van der Waals surface area contributed by atoms with Crippen LogP contribution < -0.4 is 16.4 Å². The summed E-state index contributed by atoms with van der Waals surface area (Å²) in [6.07, 6.45) is 0.314. The molecule has 21 heavy (non-hydrogen) atoms. The van der Waals surface area contributed by atoms with Gasteiger partial charge in [-0.05, 0) is 35.9 Å². The maximum Gasteiger partial charge on any atom is 0.228 e. The normalized spacial score (nSPS) is 12.5. The molecule has 0 saturated heterocycles. The van der Waals surface area contributed by atoms with Gasteiger partial charge in [-0.1, -0.05) is 0 Å². The van der Waals surface area contributed by atoms with Crippen molar-refractivity contribution in [2.45, 2.75) is 6.42 Å². The summed E-state index contributed by atoms with van der Waals surface area (Å²) >= 11 is 0. The Morgan fingerprint density at radius 1 is 1.33 bits per heavy atom. The minimum Gasteiger partial charge on any atom is -0.397 e. The van der Waals surface area contributed by atoms with Gasteiger partial charge in [0.05, 0.1) is 23.4 Å². The van der Waals surface area contributed by atoms with Crippen molar-refractivity contribution in [3.8, 4) is 6.07 Å². The van der Waals surface area contributed by atoms with E-state index in [9.17, 15) is 9.18 Å². The average Bonchev–Trinajstić information content (AvgIpc) is 2.80. The maximum atomic E-state index is 13.3. The third kappa shape index (κ3) is 2.37. The Balaban J connectivity index is 1.94. The SMILES string of the molecule is N#Cc1cc(Nc2cc3c(cc2N)CC(=O)N3)ccc1F. The molecule has 0 spiro atoms. The molecule has 0 radical (unpaired) electrons. The number of anilines is 4. The quantitative estimate of drug-likeness (QED) is 0.738. The first-order valence-corrected chi connectivity index (χ1v) is 6.26.